The summed E-state index contributed by atoms with van der Waals surface area (Å²) in [5.41, 5.74) is 2.69. The first-order valence-electron chi connectivity index (χ1n) is 7.68. The molecule has 2 nitrogen and oxygen atoms in total. The summed E-state index contributed by atoms with van der Waals surface area (Å²) in [6.45, 7) is 2.73. The number of hydrogen-bond donors (Lipinski definition) is 0. The highest BCUT2D eigenvalue weighted by Crippen LogP contribution is 2.32. The van der Waals surface area contributed by atoms with Crippen LogP contribution in [0.5, 0.6) is 0 Å². The minimum atomic E-state index is 0. The van der Waals surface area contributed by atoms with Crippen LogP contribution in [0.3, 0.4) is 0 Å². The van der Waals surface area contributed by atoms with Crippen LogP contribution >= 0.6 is 12.4 Å². The summed E-state index contributed by atoms with van der Waals surface area (Å²) in [6.07, 6.45) is 4.78. The van der Waals surface area contributed by atoms with Gasteiger partial charge in [0, 0.05) is 18.4 Å². The summed E-state index contributed by atoms with van der Waals surface area (Å²) >= 11 is 0. The predicted octanol–water partition coefficient (Wildman–Crippen LogP) is 4.48. The zero-order valence-corrected chi connectivity index (χ0v) is 13.5. The Morgan fingerprint density at radius 3 is 2.00 bits per heavy atom. The third-order valence-electron chi connectivity index (χ3n) is 4.62. The Hall–Kier alpha value is -1.82. The molecule has 0 unspecified atom stereocenters. The Morgan fingerprint density at radius 2 is 1.45 bits per heavy atom. The molecule has 0 bridgehead atoms. The van der Waals surface area contributed by atoms with Gasteiger partial charge in [-0.25, -0.2) is 4.48 Å². The Kier molecular flexibility index (Phi) is 5.60. The van der Waals surface area contributed by atoms with E-state index in [0.717, 1.165) is 32.5 Å². The van der Waals surface area contributed by atoms with Crippen LogP contribution in [0.1, 0.15) is 29.9 Å². The van der Waals surface area contributed by atoms with Crippen molar-refractivity contribution in [1.29, 1.82) is 5.26 Å². The van der Waals surface area contributed by atoms with Crippen molar-refractivity contribution >= 4 is 12.4 Å². The van der Waals surface area contributed by atoms with E-state index in [1.165, 1.54) is 11.1 Å². The summed E-state index contributed by atoms with van der Waals surface area (Å²) in [5, 5.41) is 9.68. The van der Waals surface area contributed by atoms with Crippen molar-refractivity contribution in [2.45, 2.75) is 25.3 Å². The Labute approximate surface area is 139 Å². The number of hydrogen-bond acceptors (Lipinski definition) is 1. The summed E-state index contributed by atoms with van der Waals surface area (Å²) < 4.78 is 0.563. The van der Waals surface area contributed by atoms with E-state index in [0.29, 0.717) is 10.4 Å². The van der Waals surface area contributed by atoms with E-state index in [-0.39, 0.29) is 12.4 Å². The van der Waals surface area contributed by atoms with Crippen molar-refractivity contribution in [1.82, 2.24) is 0 Å². The molecule has 0 aromatic heterocycles. The average molecular weight is 314 g/mol. The van der Waals surface area contributed by atoms with Crippen molar-refractivity contribution < 1.29 is 4.48 Å². The maximum atomic E-state index is 9.68. The van der Waals surface area contributed by atoms with Gasteiger partial charge in [0.05, 0.1) is 13.1 Å². The maximum Gasteiger partial charge on any atom is 0.308 e. The summed E-state index contributed by atoms with van der Waals surface area (Å²) in [5.74, 6) is 0.613. The molecule has 3 rings (SSSR count). The first kappa shape index (κ1) is 16.5. The van der Waals surface area contributed by atoms with E-state index >= 15 is 0 Å². The fourth-order valence-corrected chi connectivity index (χ4v) is 3.35. The Morgan fingerprint density at radius 1 is 0.909 bits per heavy atom. The normalized spacial score (nSPS) is 24.0. The molecule has 3 heteroatoms. The molecule has 1 saturated heterocycles. The fourth-order valence-electron chi connectivity index (χ4n) is 3.35. The standard InChI is InChI=1S/C19H21N2.ClH/c20-16-21(15-17-7-3-1-4-8-17)13-11-19(12-14-21)18-9-5-2-6-10-18;/h1-10,19H,11-15H2;1H/q+1;. The first-order valence-corrected chi connectivity index (χ1v) is 7.68. The Bertz CT molecular complexity index is 611. The molecule has 114 valence electrons. The third kappa shape index (κ3) is 3.68. The molecule has 1 fully saturated rings. The van der Waals surface area contributed by atoms with Crippen LogP contribution in [0.15, 0.2) is 60.7 Å². The van der Waals surface area contributed by atoms with Crippen LogP contribution in [0.25, 0.3) is 0 Å². The van der Waals surface area contributed by atoms with E-state index in [4.69, 9.17) is 0 Å². The fraction of sp³-hybridized carbons (Fsp3) is 0.316. The molecule has 0 aliphatic carbocycles. The highest BCUT2D eigenvalue weighted by Gasteiger charge is 2.35. The molecular formula is C19H22ClN2+. The van der Waals surface area contributed by atoms with E-state index < -0.39 is 0 Å². The largest absolute Gasteiger partial charge is 0.308 e. The topological polar surface area (TPSA) is 23.8 Å². The highest BCUT2D eigenvalue weighted by molar-refractivity contribution is 5.85. The van der Waals surface area contributed by atoms with Crippen LogP contribution < -0.4 is 0 Å². The predicted molar refractivity (Wildman–Crippen MR) is 91.4 cm³/mol. The average Bonchev–Trinajstić information content (AvgIpc) is 2.57. The molecule has 0 amide bonds. The second-order valence-electron chi connectivity index (χ2n) is 6.02. The van der Waals surface area contributed by atoms with Crippen molar-refractivity contribution in [3.8, 4) is 6.19 Å². The van der Waals surface area contributed by atoms with Crippen LogP contribution in [0, 0.1) is 11.5 Å². The smallest absolute Gasteiger partial charge is 0.220 e. The molecule has 2 aromatic carbocycles. The van der Waals surface area contributed by atoms with Crippen molar-refractivity contribution in [2.75, 3.05) is 13.1 Å². The molecule has 0 saturated carbocycles. The number of halogens is 1. The van der Waals surface area contributed by atoms with Crippen LogP contribution in [-0.4, -0.2) is 17.6 Å². The number of likely N-dealkylation sites (tertiary alicyclic amines) is 1. The lowest BCUT2D eigenvalue weighted by Crippen LogP contribution is -2.48. The molecule has 1 aliphatic rings. The molecule has 0 atom stereocenters. The van der Waals surface area contributed by atoms with Gasteiger partial charge < -0.3 is 0 Å². The number of quaternary nitrogens is 1. The molecule has 1 aliphatic heterocycles. The van der Waals surface area contributed by atoms with Gasteiger partial charge in [-0.2, -0.15) is 0 Å². The SMILES string of the molecule is Cl.N#C[N+]1(Cc2ccccc2)CCC(c2ccccc2)CC1. The molecule has 1 heterocycles. The van der Waals surface area contributed by atoms with Crippen molar-refractivity contribution in [2.24, 2.45) is 0 Å². The summed E-state index contributed by atoms with van der Waals surface area (Å²) in [7, 11) is 0. The lowest BCUT2D eigenvalue weighted by molar-refractivity contribution is -0.884. The summed E-state index contributed by atoms with van der Waals surface area (Å²) in [6, 6.07) is 21.1. The lowest BCUT2D eigenvalue weighted by atomic mass is 9.88. The van der Waals surface area contributed by atoms with Gasteiger partial charge in [0.15, 0.2) is 0 Å². The zero-order valence-electron chi connectivity index (χ0n) is 12.7. The number of piperidine rings is 1. The molecule has 0 N–H and O–H groups in total. The molecular weight excluding hydrogens is 292 g/mol. The van der Waals surface area contributed by atoms with Gasteiger partial charge in [-0.1, -0.05) is 60.7 Å². The van der Waals surface area contributed by atoms with E-state index in [9.17, 15) is 5.26 Å². The van der Waals surface area contributed by atoms with Gasteiger partial charge in [-0.05, 0) is 11.5 Å². The summed E-state index contributed by atoms with van der Waals surface area (Å²) in [4.78, 5) is 0. The molecule has 0 radical (unpaired) electrons. The number of benzene rings is 2. The van der Waals surface area contributed by atoms with E-state index in [1.807, 2.05) is 6.07 Å². The molecule has 0 spiro atoms. The zero-order chi connectivity index (χ0) is 14.5. The minimum Gasteiger partial charge on any atom is -0.220 e. The second kappa shape index (κ2) is 7.45. The van der Waals surface area contributed by atoms with E-state index in [1.54, 1.807) is 0 Å². The lowest BCUT2D eigenvalue weighted by Gasteiger charge is -2.36. The van der Waals surface area contributed by atoms with Crippen LogP contribution in [0.4, 0.5) is 0 Å². The third-order valence-corrected chi connectivity index (χ3v) is 4.62. The molecule has 2 aromatic rings. The number of rotatable bonds is 3. The van der Waals surface area contributed by atoms with Gasteiger partial charge in [0.2, 0.25) is 0 Å². The number of nitrogens with zero attached hydrogens (tertiary/aromatic N) is 2. The maximum absolute atomic E-state index is 9.68. The Balaban J connectivity index is 0.00000176. The van der Waals surface area contributed by atoms with Gasteiger partial charge in [-0.3, -0.25) is 0 Å². The van der Waals surface area contributed by atoms with Crippen molar-refractivity contribution in [3.05, 3.63) is 71.8 Å². The van der Waals surface area contributed by atoms with Gasteiger partial charge in [0.1, 0.15) is 6.54 Å². The van der Waals surface area contributed by atoms with Gasteiger partial charge in [-0.15, -0.1) is 17.7 Å². The van der Waals surface area contributed by atoms with Gasteiger partial charge in [0.25, 0.3) is 0 Å². The first-order chi connectivity index (χ1) is 10.3. The van der Waals surface area contributed by atoms with Crippen molar-refractivity contribution in [3.63, 3.8) is 0 Å². The molecule has 22 heavy (non-hydrogen) atoms. The van der Waals surface area contributed by atoms with Crippen LogP contribution in [0.2, 0.25) is 0 Å². The van der Waals surface area contributed by atoms with Gasteiger partial charge >= 0.3 is 6.19 Å². The van der Waals surface area contributed by atoms with E-state index in [2.05, 4.69) is 60.8 Å². The quantitative estimate of drug-likeness (QED) is 0.605. The highest BCUT2D eigenvalue weighted by atomic mass is 35.5. The number of nitriles is 1. The monoisotopic (exact) mass is 313 g/mol. The second-order valence-corrected chi connectivity index (χ2v) is 6.02. The van der Waals surface area contributed by atoms with Crippen LogP contribution in [-0.2, 0) is 6.54 Å². The minimum absolute atomic E-state index is 0.